The molecule has 4 heteroatoms. The fourth-order valence-corrected chi connectivity index (χ4v) is 4.53. The topological polar surface area (TPSA) is 15.7 Å². The molecule has 4 aliphatic rings. The minimum atomic E-state index is 0.829. The van der Waals surface area contributed by atoms with Crippen molar-refractivity contribution >= 4 is 5.69 Å². The highest BCUT2D eigenvalue weighted by Crippen LogP contribution is 2.32. The molecule has 1 aliphatic carbocycles. The molecule has 1 aromatic carbocycles. The van der Waals surface area contributed by atoms with E-state index in [4.69, 9.17) is 4.74 Å². The minimum absolute atomic E-state index is 0.829. The van der Waals surface area contributed by atoms with Crippen molar-refractivity contribution in [3.8, 4) is 0 Å². The first kappa shape index (κ1) is 17.5. The summed E-state index contributed by atoms with van der Waals surface area (Å²) >= 11 is 0. The quantitative estimate of drug-likeness (QED) is 0.740. The van der Waals surface area contributed by atoms with Crippen molar-refractivity contribution in [1.29, 1.82) is 0 Å². The lowest BCUT2D eigenvalue weighted by Gasteiger charge is -2.41. The number of nitrogens with zero attached hydrogens (tertiary/aromatic N) is 3. The number of rotatable bonds is 3. The molecule has 4 nitrogen and oxygen atoms in total. The molecule has 3 aliphatic heterocycles. The Labute approximate surface area is 167 Å². The molecule has 1 atom stereocenters. The zero-order chi connectivity index (χ0) is 18.8. The van der Waals surface area contributed by atoms with Gasteiger partial charge in [-0.05, 0) is 24.6 Å². The highest BCUT2D eigenvalue weighted by atomic mass is 16.5. The fraction of sp³-hybridized carbons (Fsp3) is 0.333. The Kier molecular flexibility index (Phi) is 4.67. The average Bonchev–Trinajstić information content (AvgIpc) is 3.12. The zero-order valence-corrected chi connectivity index (χ0v) is 16.3. The second kappa shape index (κ2) is 7.46. The molecular formula is C24H28N3O+. The Morgan fingerprint density at radius 3 is 2.64 bits per heavy atom. The third kappa shape index (κ3) is 3.34. The summed E-state index contributed by atoms with van der Waals surface area (Å²) in [6, 6.07) is 10.8. The smallest absolute Gasteiger partial charge is 0.174 e. The normalized spacial score (nSPS) is 28.9. The summed E-state index contributed by atoms with van der Waals surface area (Å²) in [6.07, 6.45) is 17.6. The molecule has 1 aromatic rings. The van der Waals surface area contributed by atoms with Crippen molar-refractivity contribution < 1.29 is 9.22 Å². The van der Waals surface area contributed by atoms with Gasteiger partial charge >= 0.3 is 0 Å². The van der Waals surface area contributed by atoms with E-state index < -0.39 is 0 Å². The van der Waals surface area contributed by atoms with Gasteiger partial charge in [-0.1, -0.05) is 30.4 Å². The van der Waals surface area contributed by atoms with Crippen LogP contribution in [-0.4, -0.2) is 48.8 Å². The van der Waals surface area contributed by atoms with Crippen molar-refractivity contribution in [2.75, 3.05) is 44.3 Å². The van der Waals surface area contributed by atoms with Crippen LogP contribution in [-0.2, 0) is 4.74 Å². The van der Waals surface area contributed by atoms with Gasteiger partial charge in [0.1, 0.15) is 25.2 Å². The molecule has 0 radical (unpaired) electrons. The predicted octanol–water partition coefficient (Wildman–Crippen LogP) is 4.14. The SMILES string of the molecule is C1=CC2=C(CC1)O/C=C1/C=CC[N+]1(CN1CCN(c3ccccc3)CC1)C=C2. The maximum atomic E-state index is 6.11. The van der Waals surface area contributed by atoms with Gasteiger partial charge in [-0.2, -0.15) is 0 Å². The molecule has 1 fully saturated rings. The van der Waals surface area contributed by atoms with Gasteiger partial charge in [-0.3, -0.25) is 4.90 Å². The third-order valence-electron chi connectivity index (χ3n) is 6.20. The van der Waals surface area contributed by atoms with Gasteiger partial charge in [-0.15, -0.1) is 0 Å². The second-order valence-electron chi connectivity index (χ2n) is 8.00. The lowest BCUT2D eigenvalue weighted by molar-refractivity contribution is -0.840. The first-order chi connectivity index (χ1) is 13.8. The molecule has 0 bridgehead atoms. The first-order valence-corrected chi connectivity index (χ1v) is 10.3. The van der Waals surface area contributed by atoms with Gasteiger partial charge in [0.2, 0.25) is 0 Å². The number of benzene rings is 1. The van der Waals surface area contributed by atoms with Gasteiger partial charge in [0.05, 0.1) is 0 Å². The van der Waals surface area contributed by atoms with Crippen LogP contribution in [0, 0.1) is 0 Å². The van der Waals surface area contributed by atoms with Crippen LogP contribution in [0.2, 0.25) is 0 Å². The van der Waals surface area contributed by atoms with Gasteiger partial charge in [0.25, 0.3) is 0 Å². The van der Waals surface area contributed by atoms with Gasteiger partial charge in [0, 0.05) is 56.0 Å². The maximum absolute atomic E-state index is 6.11. The highest BCUT2D eigenvalue weighted by Gasteiger charge is 2.37. The maximum Gasteiger partial charge on any atom is 0.174 e. The standard InChI is InChI=1S/C24H28N3O/c1-2-8-22(9-3-1)26-15-13-25(14-16-26)20-27-17-6-10-23(27)19-28-24-11-5-4-7-21(24)12-18-27/h1-4,6-10,12,18-19H,5,11,13-17,20H2/q+1/b18-12?,23-19-. The molecule has 3 heterocycles. The van der Waals surface area contributed by atoms with Crippen LogP contribution in [0.1, 0.15) is 12.8 Å². The lowest BCUT2D eigenvalue weighted by Crippen LogP contribution is -2.54. The third-order valence-corrected chi connectivity index (χ3v) is 6.20. The Balaban J connectivity index is 1.31. The Bertz CT molecular complexity index is 872. The second-order valence-corrected chi connectivity index (χ2v) is 8.00. The monoisotopic (exact) mass is 374 g/mol. The molecular weight excluding hydrogens is 346 g/mol. The van der Waals surface area contributed by atoms with Crippen LogP contribution in [0.15, 0.2) is 90.2 Å². The molecule has 0 saturated carbocycles. The Morgan fingerprint density at radius 2 is 1.79 bits per heavy atom. The molecule has 1 saturated heterocycles. The van der Waals surface area contributed by atoms with E-state index in [1.165, 1.54) is 17.0 Å². The van der Waals surface area contributed by atoms with Crippen molar-refractivity contribution in [3.63, 3.8) is 0 Å². The molecule has 1 unspecified atom stereocenters. The van der Waals surface area contributed by atoms with E-state index in [9.17, 15) is 0 Å². The van der Waals surface area contributed by atoms with Crippen molar-refractivity contribution in [3.05, 3.63) is 90.2 Å². The minimum Gasteiger partial charge on any atom is -0.462 e. The van der Waals surface area contributed by atoms with E-state index in [2.05, 4.69) is 76.7 Å². The van der Waals surface area contributed by atoms with Crippen LogP contribution in [0.3, 0.4) is 0 Å². The molecule has 0 aromatic heterocycles. The number of anilines is 1. The summed E-state index contributed by atoms with van der Waals surface area (Å²) in [4.78, 5) is 5.09. The van der Waals surface area contributed by atoms with Crippen LogP contribution in [0.5, 0.6) is 0 Å². The highest BCUT2D eigenvalue weighted by molar-refractivity contribution is 5.46. The summed E-state index contributed by atoms with van der Waals surface area (Å²) in [7, 11) is 0. The average molecular weight is 375 g/mol. The molecule has 0 amide bonds. The summed E-state index contributed by atoms with van der Waals surface area (Å²) < 4.78 is 6.94. The predicted molar refractivity (Wildman–Crippen MR) is 113 cm³/mol. The summed E-state index contributed by atoms with van der Waals surface area (Å²) in [5.41, 5.74) is 3.81. The molecule has 144 valence electrons. The number of hydrogen-bond donors (Lipinski definition) is 0. The molecule has 0 spiro atoms. The van der Waals surface area contributed by atoms with E-state index in [-0.39, 0.29) is 0 Å². The van der Waals surface area contributed by atoms with E-state index in [0.29, 0.717) is 0 Å². The molecule has 0 N–H and O–H groups in total. The zero-order valence-electron chi connectivity index (χ0n) is 16.3. The number of allylic oxidation sites excluding steroid dienone is 6. The van der Waals surface area contributed by atoms with Crippen LogP contribution in [0.25, 0.3) is 0 Å². The van der Waals surface area contributed by atoms with Crippen LogP contribution in [0.4, 0.5) is 5.69 Å². The summed E-state index contributed by atoms with van der Waals surface area (Å²) in [6.45, 7) is 6.32. The fourth-order valence-electron chi connectivity index (χ4n) is 4.53. The molecule has 5 rings (SSSR count). The Morgan fingerprint density at radius 1 is 0.929 bits per heavy atom. The van der Waals surface area contributed by atoms with Crippen molar-refractivity contribution in [2.45, 2.75) is 12.8 Å². The van der Waals surface area contributed by atoms with Crippen molar-refractivity contribution in [2.24, 2.45) is 0 Å². The van der Waals surface area contributed by atoms with E-state index in [1.54, 1.807) is 0 Å². The van der Waals surface area contributed by atoms with Gasteiger partial charge < -0.3 is 9.64 Å². The van der Waals surface area contributed by atoms with E-state index in [1.807, 2.05) is 6.26 Å². The Hall–Kier alpha value is -2.56. The van der Waals surface area contributed by atoms with Gasteiger partial charge in [0.15, 0.2) is 12.0 Å². The largest absolute Gasteiger partial charge is 0.462 e. The lowest BCUT2D eigenvalue weighted by atomic mass is 10.0. The first-order valence-electron chi connectivity index (χ1n) is 10.3. The number of hydrogen-bond acceptors (Lipinski definition) is 3. The number of piperazine rings is 1. The van der Waals surface area contributed by atoms with Gasteiger partial charge in [-0.25, -0.2) is 4.48 Å². The van der Waals surface area contributed by atoms with Crippen LogP contribution >= 0.6 is 0 Å². The van der Waals surface area contributed by atoms with E-state index >= 15 is 0 Å². The summed E-state index contributed by atoms with van der Waals surface area (Å²) in [5.74, 6) is 1.10. The van der Waals surface area contributed by atoms with Crippen molar-refractivity contribution in [1.82, 2.24) is 4.90 Å². The summed E-state index contributed by atoms with van der Waals surface area (Å²) in [5, 5.41) is 0. The van der Waals surface area contributed by atoms with E-state index in [0.717, 1.165) is 62.5 Å². The number of fused-ring (bicyclic) bond motifs is 1. The number of ether oxygens (including phenoxy) is 1. The number of para-hydroxylation sites is 1. The molecule has 28 heavy (non-hydrogen) atoms. The van der Waals surface area contributed by atoms with Crippen LogP contribution < -0.4 is 4.90 Å². The number of quaternary nitrogens is 1.